The summed E-state index contributed by atoms with van der Waals surface area (Å²) in [4.78, 5) is 16.7. The molecule has 0 aliphatic heterocycles. The summed E-state index contributed by atoms with van der Waals surface area (Å²) in [7, 11) is 0. The van der Waals surface area contributed by atoms with Crippen LogP contribution in [0.4, 0.5) is 5.69 Å². The van der Waals surface area contributed by atoms with Crippen LogP contribution in [0.25, 0.3) is 11.0 Å². The number of nitrogens with one attached hydrogen (secondary N) is 3. The van der Waals surface area contributed by atoms with Gasteiger partial charge in [0, 0.05) is 11.0 Å². The summed E-state index contributed by atoms with van der Waals surface area (Å²) in [6, 6.07) is 10.8. The Labute approximate surface area is 122 Å². The highest BCUT2D eigenvalue weighted by Crippen LogP contribution is 2.27. The largest absolute Gasteiger partial charge is 0.508 e. The van der Waals surface area contributed by atoms with Crippen molar-refractivity contribution in [3.05, 3.63) is 56.9 Å². The van der Waals surface area contributed by atoms with Crippen molar-refractivity contribution in [2.45, 2.75) is 6.54 Å². The molecule has 0 saturated carbocycles. The van der Waals surface area contributed by atoms with Gasteiger partial charge in [-0.1, -0.05) is 12.1 Å². The highest BCUT2D eigenvalue weighted by molar-refractivity contribution is 9.10. The Hall–Kier alpha value is -2.21. The first-order chi connectivity index (χ1) is 9.61. The van der Waals surface area contributed by atoms with Crippen LogP contribution in [0.5, 0.6) is 5.75 Å². The van der Waals surface area contributed by atoms with E-state index in [1.807, 2.05) is 18.2 Å². The van der Waals surface area contributed by atoms with Crippen LogP contribution < -0.4 is 11.0 Å². The van der Waals surface area contributed by atoms with Gasteiger partial charge in [0.25, 0.3) is 0 Å². The number of hydrogen-bond acceptors (Lipinski definition) is 3. The third-order valence-electron chi connectivity index (χ3n) is 3.00. The van der Waals surface area contributed by atoms with Gasteiger partial charge < -0.3 is 20.4 Å². The SMILES string of the molecule is O=c1[nH]c2cc(Br)c(NCc3cccc(O)c3)cc2[nH]1. The van der Waals surface area contributed by atoms with Crippen molar-refractivity contribution < 1.29 is 5.11 Å². The molecule has 6 heteroatoms. The second-order valence-corrected chi connectivity index (χ2v) is 5.33. The van der Waals surface area contributed by atoms with E-state index in [1.54, 1.807) is 18.2 Å². The monoisotopic (exact) mass is 333 g/mol. The molecule has 0 aliphatic rings. The second kappa shape index (κ2) is 5.05. The summed E-state index contributed by atoms with van der Waals surface area (Å²) in [6.45, 7) is 0.577. The van der Waals surface area contributed by atoms with Crippen molar-refractivity contribution in [2.24, 2.45) is 0 Å². The molecule has 5 nitrogen and oxygen atoms in total. The van der Waals surface area contributed by atoms with Crippen LogP contribution in [0.1, 0.15) is 5.56 Å². The van der Waals surface area contributed by atoms with E-state index in [9.17, 15) is 9.90 Å². The summed E-state index contributed by atoms with van der Waals surface area (Å²) in [5, 5.41) is 12.7. The average Bonchev–Trinajstić information content (AvgIpc) is 2.75. The number of H-pyrrole nitrogens is 2. The fourth-order valence-corrected chi connectivity index (χ4v) is 2.54. The highest BCUT2D eigenvalue weighted by atomic mass is 79.9. The summed E-state index contributed by atoms with van der Waals surface area (Å²) in [5.74, 6) is 0.244. The van der Waals surface area contributed by atoms with Gasteiger partial charge in [-0.25, -0.2) is 4.79 Å². The first kappa shape index (κ1) is 12.8. The van der Waals surface area contributed by atoms with E-state index in [4.69, 9.17) is 0 Å². The van der Waals surface area contributed by atoms with Crippen LogP contribution in [0.15, 0.2) is 45.7 Å². The van der Waals surface area contributed by atoms with E-state index < -0.39 is 0 Å². The number of rotatable bonds is 3. The maximum Gasteiger partial charge on any atom is 0.323 e. The van der Waals surface area contributed by atoms with Gasteiger partial charge in [0.15, 0.2) is 0 Å². The number of phenols is 1. The Morgan fingerprint density at radius 3 is 2.65 bits per heavy atom. The molecule has 0 radical (unpaired) electrons. The molecule has 0 saturated heterocycles. The van der Waals surface area contributed by atoms with Gasteiger partial charge in [-0.05, 0) is 45.8 Å². The number of halogens is 1. The zero-order valence-corrected chi connectivity index (χ0v) is 12.0. The fraction of sp³-hybridized carbons (Fsp3) is 0.0714. The molecule has 0 spiro atoms. The average molecular weight is 334 g/mol. The molecule has 102 valence electrons. The maximum atomic E-state index is 11.3. The van der Waals surface area contributed by atoms with Gasteiger partial charge >= 0.3 is 5.69 Å². The standard InChI is InChI=1S/C14H12BrN3O2/c15-10-5-12-13(18-14(20)17-12)6-11(10)16-7-8-2-1-3-9(19)4-8/h1-6,16,19H,7H2,(H2,17,18,20). The number of hydrogen-bond donors (Lipinski definition) is 4. The fourth-order valence-electron chi connectivity index (χ4n) is 2.06. The molecule has 0 amide bonds. The predicted molar refractivity (Wildman–Crippen MR) is 82.1 cm³/mol. The number of anilines is 1. The molecular formula is C14H12BrN3O2. The van der Waals surface area contributed by atoms with Crippen LogP contribution in [-0.4, -0.2) is 15.1 Å². The smallest absolute Gasteiger partial charge is 0.323 e. The maximum absolute atomic E-state index is 11.3. The van der Waals surface area contributed by atoms with Gasteiger partial charge in [0.1, 0.15) is 5.75 Å². The van der Waals surface area contributed by atoms with E-state index in [2.05, 4.69) is 31.2 Å². The number of imidazole rings is 1. The van der Waals surface area contributed by atoms with Crippen molar-refractivity contribution in [2.75, 3.05) is 5.32 Å². The summed E-state index contributed by atoms with van der Waals surface area (Å²) < 4.78 is 0.861. The molecule has 0 atom stereocenters. The molecule has 2 aromatic carbocycles. The number of aromatic hydroxyl groups is 1. The lowest BCUT2D eigenvalue weighted by atomic mass is 10.2. The van der Waals surface area contributed by atoms with Crippen LogP contribution in [0, 0.1) is 0 Å². The third kappa shape index (κ3) is 2.55. The van der Waals surface area contributed by atoms with E-state index in [-0.39, 0.29) is 11.4 Å². The number of fused-ring (bicyclic) bond motifs is 1. The first-order valence-electron chi connectivity index (χ1n) is 6.05. The number of benzene rings is 2. The minimum atomic E-state index is -0.225. The van der Waals surface area contributed by atoms with Gasteiger partial charge in [-0.15, -0.1) is 0 Å². The summed E-state index contributed by atoms with van der Waals surface area (Å²) in [5.41, 5.74) is 3.12. The molecule has 1 aromatic heterocycles. The molecule has 0 aliphatic carbocycles. The molecule has 0 bridgehead atoms. The molecular weight excluding hydrogens is 322 g/mol. The van der Waals surface area contributed by atoms with E-state index in [0.717, 1.165) is 26.8 Å². The van der Waals surface area contributed by atoms with Crippen LogP contribution >= 0.6 is 15.9 Å². The number of aromatic amines is 2. The molecule has 3 aromatic rings. The second-order valence-electron chi connectivity index (χ2n) is 4.48. The Bertz CT molecular complexity index is 823. The van der Waals surface area contributed by atoms with Gasteiger partial charge in [0.2, 0.25) is 0 Å². The van der Waals surface area contributed by atoms with Crippen LogP contribution in [-0.2, 0) is 6.54 Å². The zero-order chi connectivity index (χ0) is 14.1. The lowest BCUT2D eigenvalue weighted by Gasteiger charge is -2.09. The third-order valence-corrected chi connectivity index (χ3v) is 3.65. The lowest BCUT2D eigenvalue weighted by molar-refractivity contribution is 0.474. The minimum absolute atomic E-state index is 0.225. The molecule has 1 heterocycles. The molecule has 3 rings (SSSR count). The molecule has 20 heavy (non-hydrogen) atoms. The number of phenolic OH excluding ortho intramolecular Hbond substituents is 1. The molecule has 4 N–H and O–H groups in total. The zero-order valence-electron chi connectivity index (χ0n) is 10.4. The van der Waals surface area contributed by atoms with Crippen molar-refractivity contribution in [3.63, 3.8) is 0 Å². The van der Waals surface area contributed by atoms with Crippen molar-refractivity contribution in [1.82, 2.24) is 9.97 Å². The normalized spacial score (nSPS) is 10.8. The predicted octanol–water partition coefficient (Wildman–Crippen LogP) is 2.94. The lowest BCUT2D eigenvalue weighted by Crippen LogP contribution is -2.00. The van der Waals surface area contributed by atoms with Gasteiger partial charge in [0.05, 0.1) is 16.7 Å². The Balaban J connectivity index is 1.86. The van der Waals surface area contributed by atoms with Crippen molar-refractivity contribution >= 4 is 32.7 Å². The van der Waals surface area contributed by atoms with Crippen LogP contribution in [0.3, 0.4) is 0 Å². The Morgan fingerprint density at radius 1 is 1.15 bits per heavy atom. The first-order valence-corrected chi connectivity index (χ1v) is 6.84. The summed E-state index contributed by atoms with van der Waals surface area (Å²) in [6.07, 6.45) is 0. The van der Waals surface area contributed by atoms with E-state index >= 15 is 0 Å². The Morgan fingerprint density at radius 2 is 1.90 bits per heavy atom. The van der Waals surface area contributed by atoms with E-state index in [1.165, 1.54) is 0 Å². The Kier molecular flexibility index (Phi) is 3.23. The van der Waals surface area contributed by atoms with Gasteiger partial charge in [-0.2, -0.15) is 0 Å². The highest BCUT2D eigenvalue weighted by Gasteiger charge is 2.05. The minimum Gasteiger partial charge on any atom is -0.508 e. The summed E-state index contributed by atoms with van der Waals surface area (Å²) >= 11 is 3.47. The van der Waals surface area contributed by atoms with Gasteiger partial charge in [-0.3, -0.25) is 0 Å². The van der Waals surface area contributed by atoms with Crippen LogP contribution in [0.2, 0.25) is 0 Å². The van der Waals surface area contributed by atoms with Crippen molar-refractivity contribution in [3.8, 4) is 5.75 Å². The van der Waals surface area contributed by atoms with Crippen molar-refractivity contribution in [1.29, 1.82) is 0 Å². The molecule has 0 unspecified atom stereocenters. The number of aromatic nitrogens is 2. The van der Waals surface area contributed by atoms with E-state index in [0.29, 0.717) is 6.54 Å². The topological polar surface area (TPSA) is 80.9 Å². The quantitative estimate of drug-likeness (QED) is 0.594. The molecule has 0 fully saturated rings.